The second kappa shape index (κ2) is 8.58. The number of aryl methyl sites for hydroxylation is 1. The van der Waals surface area contributed by atoms with Crippen LogP contribution in [0.3, 0.4) is 0 Å². The van der Waals surface area contributed by atoms with Crippen molar-refractivity contribution in [1.29, 1.82) is 0 Å². The van der Waals surface area contributed by atoms with Gasteiger partial charge in [0.15, 0.2) is 0 Å². The van der Waals surface area contributed by atoms with Crippen LogP contribution < -0.4 is 0 Å². The molecule has 0 amide bonds. The molecule has 0 saturated heterocycles. The maximum absolute atomic E-state index is 13.4. The van der Waals surface area contributed by atoms with Crippen LogP contribution in [0.25, 0.3) is 10.9 Å². The summed E-state index contributed by atoms with van der Waals surface area (Å²) in [7, 11) is 0. The van der Waals surface area contributed by atoms with E-state index in [1.54, 1.807) is 25.1 Å². The number of ether oxygens (including phenoxy) is 1. The van der Waals surface area contributed by atoms with E-state index in [0.29, 0.717) is 30.0 Å². The lowest BCUT2D eigenvalue weighted by Crippen LogP contribution is -2.19. The van der Waals surface area contributed by atoms with Gasteiger partial charge in [0.1, 0.15) is 0 Å². The minimum absolute atomic E-state index is 0.0863. The van der Waals surface area contributed by atoms with Crippen LogP contribution in [-0.4, -0.2) is 17.1 Å². The first-order chi connectivity index (χ1) is 14.8. The highest BCUT2D eigenvalue weighted by atomic mass is 35.5. The zero-order valence-electron chi connectivity index (χ0n) is 17.1. The molecule has 1 atom stereocenters. The molecule has 7 heteroatoms. The maximum atomic E-state index is 13.4. The molecule has 1 aliphatic rings. The van der Waals surface area contributed by atoms with Gasteiger partial charge in [-0.25, -0.2) is 0 Å². The number of esters is 1. The SMILES string of the molecule is CCOC(=O)CC1CCCc2c1n(Cc1ccc(Cl)cc1)c1ccc(C(F)(F)F)cc21. The molecular formula is C24H23ClF3NO2. The first-order valence-electron chi connectivity index (χ1n) is 10.4. The van der Waals surface area contributed by atoms with Gasteiger partial charge < -0.3 is 9.30 Å². The van der Waals surface area contributed by atoms with Crippen molar-refractivity contribution < 1.29 is 22.7 Å². The van der Waals surface area contributed by atoms with Gasteiger partial charge in [-0.1, -0.05) is 23.7 Å². The molecule has 31 heavy (non-hydrogen) atoms. The molecule has 0 saturated carbocycles. The zero-order valence-corrected chi connectivity index (χ0v) is 17.9. The summed E-state index contributed by atoms with van der Waals surface area (Å²) in [5.41, 5.74) is 2.95. The Balaban J connectivity index is 1.86. The second-order valence-electron chi connectivity index (χ2n) is 7.90. The lowest BCUT2D eigenvalue weighted by molar-refractivity contribution is -0.143. The summed E-state index contributed by atoms with van der Waals surface area (Å²) in [5, 5.41) is 1.24. The van der Waals surface area contributed by atoms with Crippen molar-refractivity contribution in [2.24, 2.45) is 0 Å². The maximum Gasteiger partial charge on any atom is 0.416 e. The minimum atomic E-state index is -4.40. The number of fused-ring (bicyclic) bond motifs is 3. The van der Waals surface area contributed by atoms with Gasteiger partial charge in [0.2, 0.25) is 0 Å². The molecule has 164 valence electrons. The fraction of sp³-hybridized carbons (Fsp3) is 0.375. The normalized spacial score (nSPS) is 16.4. The van der Waals surface area contributed by atoms with E-state index in [1.165, 1.54) is 6.07 Å². The van der Waals surface area contributed by atoms with E-state index < -0.39 is 11.7 Å². The number of carbonyl (C=O) groups is 1. The number of halogens is 4. The van der Waals surface area contributed by atoms with Crippen LogP contribution in [-0.2, 0) is 28.7 Å². The van der Waals surface area contributed by atoms with Gasteiger partial charge in [-0.15, -0.1) is 0 Å². The molecule has 1 heterocycles. The highest BCUT2D eigenvalue weighted by Gasteiger charge is 2.34. The number of nitrogens with zero attached hydrogens (tertiary/aromatic N) is 1. The van der Waals surface area contributed by atoms with E-state index >= 15 is 0 Å². The number of alkyl halides is 3. The molecule has 0 radical (unpaired) electrons. The number of aromatic nitrogens is 1. The van der Waals surface area contributed by atoms with Crippen LogP contribution in [0, 0.1) is 0 Å². The molecule has 0 spiro atoms. The predicted molar refractivity (Wildman–Crippen MR) is 114 cm³/mol. The smallest absolute Gasteiger partial charge is 0.416 e. The molecule has 0 fully saturated rings. The molecule has 2 aromatic carbocycles. The molecule has 0 N–H and O–H groups in total. The van der Waals surface area contributed by atoms with Gasteiger partial charge in [-0.05, 0) is 67.6 Å². The number of carbonyl (C=O) groups excluding carboxylic acids is 1. The van der Waals surface area contributed by atoms with Gasteiger partial charge in [0, 0.05) is 34.1 Å². The van der Waals surface area contributed by atoms with Crippen LogP contribution in [0.15, 0.2) is 42.5 Å². The largest absolute Gasteiger partial charge is 0.466 e. The average molecular weight is 450 g/mol. The van der Waals surface area contributed by atoms with Crippen molar-refractivity contribution >= 4 is 28.5 Å². The number of hydrogen-bond donors (Lipinski definition) is 0. The Labute approximate surface area is 183 Å². The molecular weight excluding hydrogens is 427 g/mol. The molecule has 3 nitrogen and oxygen atoms in total. The van der Waals surface area contributed by atoms with Crippen molar-refractivity contribution in [1.82, 2.24) is 4.57 Å². The van der Waals surface area contributed by atoms with E-state index in [4.69, 9.17) is 16.3 Å². The predicted octanol–water partition coefficient (Wildman–Crippen LogP) is 6.73. The van der Waals surface area contributed by atoms with Crippen LogP contribution in [0.4, 0.5) is 13.2 Å². The minimum Gasteiger partial charge on any atom is -0.466 e. The van der Waals surface area contributed by atoms with Crippen molar-refractivity contribution in [2.75, 3.05) is 6.61 Å². The van der Waals surface area contributed by atoms with Gasteiger partial charge >= 0.3 is 12.1 Å². The molecule has 1 unspecified atom stereocenters. The molecule has 4 rings (SSSR count). The first kappa shape index (κ1) is 21.8. The number of rotatable bonds is 5. The van der Waals surface area contributed by atoms with E-state index in [2.05, 4.69) is 4.57 Å². The average Bonchev–Trinajstić information content (AvgIpc) is 3.03. The monoisotopic (exact) mass is 449 g/mol. The van der Waals surface area contributed by atoms with Gasteiger partial charge in [-0.3, -0.25) is 4.79 Å². The van der Waals surface area contributed by atoms with Crippen LogP contribution in [0.5, 0.6) is 0 Å². The molecule has 3 aromatic rings. The van der Waals surface area contributed by atoms with Crippen LogP contribution >= 0.6 is 11.6 Å². The first-order valence-corrected chi connectivity index (χ1v) is 10.8. The Hall–Kier alpha value is -2.47. The molecule has 1 aliphatic carbocycles. The summed E-state index contributed by atoms with van der Waals surface area (Å²) < 4.78 is 47.4. The number of hydrogen-bond acceptors (Lipinski definition) is 2. The highest BCUT2D eigenvalue weighted by Crippen LogP contribution is 2.42. The molecule has 0 aliphatic heterocycles. The summed E-state index contributed by atoms with van der Waals surface area (Å²) in [4.78, 5) is 12.2. The molecule has 1 aromatic heterocycles. The van der Waals surface area contributed by atoms with Crippen molar-refractivity contribution in [2.45, 2.75) is 51.2 Å². The lowest BCUT2D eigenvalue weighted by Gasteiger charge is -2.25. The molecule has 0 bridgehead atoms. The Kier molecular flexibility index (Phi) is 6.02. The van der Waals surface area contributed by atoms with Crippen molar-refractivity contribution in [3.05, 3.63) is 69.9 Å². The van der Waals surface area contributed by atoms with E-state index in [1.807, 2.05) is 12.1 Å². The van der Waals surface area contributed by atoms with E-state index in [0.717, 1.165) is 41.2 Å². The lowest BCUT2D eigenvalue weighted by atomic mass is 9.84. The topological polar surface area (TPSA) is 31.2 Å². The Morgan fingerprint density at radius 3 is 2.61 bits per heavy atom. The summed E-state index contributed by atoms with van der Waals surface area (Å²) in [6.45, 7) is 2.56. The highest BCUT2D eigenvalue weighted by molar-refractivity contribution is 6.30. The third-order valence-corrected chi connectivity index (χ3v) is 6.13. The van der Waals surface area contributed by atoms with Gasteiger partial charge in [0.25, 0.3) is 0 Å². The fourth-order valence-corrected chi connectivity index (χ4v) is 4.70. The quantitative estimate of drug-likeness (QED) is 0.404. The Morgan fingerprint density at radius 1 is 1.19 bits per heavy atom. The van der Waals surface area contributed by atoms with Gasteiger partial charge in [0.05, 0.1) is 18.6 Å². The van der Waals surface area contributed by atoms with E-state index in [-0.39, 0.29) is 18.3 Å². The number of benzene rings is 2. The van der Waals surface area contributed by atoms with Crippen molar-refractivity contribution in [3.8, 4) is 0 Å². The van der Waals surface area contributed by atoms with Crippen molar-refractivity contribution in [3.63, 3.8) is 0 Å². The zero-order chi connectivity index (χ0) is 22.2. The standard InChI is InChI=1S/C24H23ClF3NO2/c1-2-31-22(30)12-16-4-3-5-19-20-13-17(24(26,27)28)8-11-21(20)29(23(16)19)14-15-6-9-18(25)10-7-15/h6-11,13,16H,2-5,12,14H2,1H3. The Bertz CT molecular complexity index is 1100. The van der Waals surface area contributed by atoms with Crippen LogP contribution in [0.1, 0.15) is 54.5 Å². The summed E-state index contributed by atoms with van der Waals surface area (Å²) >= 11 is 6.01. The summed E-state index contributed by atoms with van der Waals surface area (Å²) in [6.07, 6.45) is -1.86. The fourth-order valence-electron chi connectivity index (χ4n) is 4.57. The summed E-state index contributed by atoms with van der Waals surface area (Å²) in [6, 6.07) is 11.3. The summed E-state index contributed by atoms with van der Waals surface area (Å²) in [5.74, 6) is -0.364. The third-order valence-electron chi connectivity index (χ3n) is 5.88. The van der Waals surface area contributed by atoms with Gasteiger partial charge in [-0.2, -0.15) is 13.2 Å². The van der Waals surface area contributed by atoms with Crippen LogP contribution in [0.2, 0.25) is 5.02 Å². The van der Waals surface area contributed by atoms with E-state index in [9.17, 15) is 18.0 Å². The Morgan fingerprint density at radius 2 is 1.94 bits per heavy atom. The second-order valence-corrected chi connectivity index (χ2v) is 8.34. The third kappa shape index (κ3) is 4.45.